The van der Waals surface area contributed by atoms with E-state index in [2.05, 4.69) is 16.1 Å². The standard InChI is InChI=1S/C19H26FN3O/c1-21-13-17-12-18(14-24-19-8-6-16(20)7-9-19)23(22-17)11-10-15-4-2-3-5-15/h6-9,12,15,21H,2-5,10-11,13-14H2,1H3. The number of ether oxygens (including phenoxy) is 1. The Balaban J connectivity index is 1.63. The van der Waals surface area contributed by atoms with Crippen LogP contribution in [0.3, 0.4) is 0 Å². The van der Waals surface area contributed by atoms with Gasteiger partial charge in [0, 0.05) is 13.1 Å². The smallest absolute Gasteiger partial charge is 0.130 e. The Morgan fingerprint density at radius 1 is 1.25 bits per heavy atom. The third kappa shape index (κ3) is 4.57. The maximum atomic E-state index is 13.0. The van der Waals surface area contributed by atoms with Gasteiger partial charge in [-0.3, -0.25) is 4.68 Å². The molecule has 0 amide bonds. The van der Waals surface area contributed by atoms with Crippen molar-refractivity contribution in [2.75, 3.05) is 7.05 Å². The van der Waals surface area contributed by atoms with Crippen molar-refractivity contribution in [1.29, 1.82) is 0 Å². The number of benzene rings is 1. The minimum atomic E-state index is -0.250. The molecule has 0 spiro atoms. The van der Waals surface area contributed by atoms with Crippen LogP contribution in [0.25, 0.3) is 0 Å². The predicted octanol–water partition coefficient (Wildman–Crippen LogP) is 3.90. The molecule has 1 N–H and O–H groups in total. The third-order valence-corrected chi connectivity index (χ3v) is 4.70. The van der Waals surface area contributed by atoms with Gasteiger partial charge in [-0.15, -0.1) is 0 Å². The van der Waals surface area contributed by atoms with Crippen LogP contribution in [0.1, 0.15) is 43.5 Å². The topological polar surface area (TPSA) is 39.1 Å². The van der Waals surface area contributed by atoms with E-state index < -0.39 is 0 Å². The molecule has 1 aliphatic carbocycles. The van der Waals surface area contributed by atoms with Crippen LogP contribution in [0.5, 0.6) is 5.75 Å². The molecule has 1 aromatic carbocycles. The number of aryl methyl sites for hydroxylation is 1. The Hall–Kier alpha value is -1.88. The van der Waals surface area contributed by atoms with Gasteiger partial charge in [-0.1, -0.05) is 25.7 Å². The van der Waals surface area contributed by atoms with E-state index in [1.165, 1.54) is 44.2 Å². The van der Waals surface area contributed by atoms with E-state index in [9.17, 15) is 4.39 Å². The molecule has 1 aliphatic rings. The summed E-state index contributed by atoms with van der Waals surface area (Å²) in [6.45, 7) is 2.14. The number of halogens is 1. The van der Waals surface area contributed by atoms with Crippen molar-refractivity contribution in [3.05, 3.63) is 47.5 Å². The van der Waals surface area contributed by atoms with Crippen LogP contribution in [0.4, 0.5) is 4.39 Å². The number of aromatic nitrogens is 2. The Bertz CT molecular complexity index is 633. The first-order valence-corrected chi connectivity index (χ1v) is 8.83. The molecule has 1 aromatic heterocycles. The molecular formula is C19H26FN3O. The zero-order chi connectivity index (χ0) is 16.8. The van der Waals surface area contributed by atoms with Crippen LogP contribution in [-0.4, -0.2) is 16.8 Å². The summed E-state index contributed by atoms with van der Waals surface area (Å²) in [6.07, 6.45) is 6.63. The number of rotatable bonds is 8. The molecule has 1 saturated carbocycles. The Morgan fingerprint density at radius 3 is 2.71 bits per heavy atom. The zero-order valence-corrected chi connectivity index (χ0v) is 14.3. The molecule has 0 saturated heterocycles. The summed E-state index contributed by atoms with van der Waals surface area (Å²) in [5.74, 6) is 1.27. The van der Waals surface area contributed by atoms with Gasteiger partial charge in [-0.25, -0.2) is 4.39 Å². The van der Waals surface area contributed by atoms with Gasteiger partial charge < -0.3 is 10.1 Å². The van der Waals surface area contributed by atoms with E-state index in [4.69, 9.17) is 9.84 Å². The maximum Gasteiger partial charge on any atom is 0.130 e. The summed E-state index contributed by atoms with van der Waals surface area (Å²) in [5.41, 5.74) is 2.10. The largest absolute Gasteiger partial charge is 0.487 e. The van der Waals surface area contributed by atoms with Crippen LogP contribution in [0.15, 0.2) is 30.3 Å². The number of nitrogens with one attached hydrogen (secondary N) is 1. The van der Waals surface area contributed by atoms with Crippen LogP contribution >= 0.6 is 0 Å². The quantitative estimate of drug-likeness (QED) is 0.797. The second-order valence-electron chi connectivity index (χ2n) is 6.56. The minimum Gasteiger partial charge on any atom is -0.487 e. The van der Waals surface area contributed by atoms with Crippen molar-refractivity contribution in [2.24, 2.45) is 5.92 Å². The number of hydrogen-bond donors (Lipinski definition) is 1. The summed E-state index contributed by atoms with van der Waals surface area (Å²) in [5, 5.41) is 7.84. The van der Waals surface area contributed by atoms with E-state index in [0.29, 0.717) is 12.4 Å². The molecule has 0 bridgehead atoms. The fourth-order valence-corrected chi connectivity index (χ4v) is 3.38. The van der Waals surface area contributed by atoms with Gasteiger partial charge in [0.05, 0.1) is 11.4 Å². The van der Waals surface area contributed by atoms with Crippen molar-refractivity contribution in [3.63, 3.8) is 0 Å². The molecule has 1 fully saturated rings. The minimum absolute atomic E-state index is 0.250. The van der Waals surface area contributed by atoms with Crippen molar-refractivity contribution in [3.8, 4) is 5.75 Å². The highest BCUT2D eigenvalue weighted by atomic mass is 19.1. The molecule has 0 unspecified atom stereocenters. The van der Waals surface area contributed by atoms with E-state index >= 15 is 0 Å². The van der Waals surface area contributed by atoms with Crippen molar-refractivity contribution in [2.45, 2.75) is 51.8 Å². The first-order valence-electron chi connectivity index (χ1n) is 8.83. The molecule has 0 aliphatic heterocycles. The van der Waals surface area contributed by atoms with Gasteiger partial charge in [0.15, 0.2) is 0 Å². The van der Waals surface area contributed by atoms with E-state index in [1.807, 2.05) is 7.05 Å². The molecule has 0 atom stereocenters. The summed E-state index contributed by atoms with van der Waals surface area (Å²) in [6, 6.07) is 8.24. The molecule has 1 heterocycles. The second kappa shape index (κ2) is 8.29. The highest BCUT2D eigenvalue weighted by molar-refractivity contribution is 5.22. The summed E-state index contributed by atoms with van der Waals surface area (Å²) < 4.78 is 20.9. The molecule has 2 aromatic rings. The van der Waals surface area contributed by atoms with Crippen LogP contribution < -0.4 is 10.1 Å². The van der Waals surface area contributed by atoms with Gasteiger partial charge in [0.1, 0.15) is 18.2 Å². The van der Waals surface area contributed by atoms with Gasteiger partial charge >= 0.3 is 0 Å². The SMILES string of the molecule is CNCc1cc(COc2ccc(F)cc2)n(CCC2CCCC2)n1. The Morgan fingerprint density at radius 2 is 2.00 bits per heavy atom. The molecule has 5 heteroatoms. The summed E-state index contributed by atoms with van der Waals surface area (Å²) in [4.78, 5) is 0. The van der Waals surface area contributed by atoms with Crippen molar-refractivity contribution < 1.29 is 9.13 Å². The monoisotopic (exact) mass is 331 g/mol. The lowest BCUT2D eigenvalue weighted by molar-refractivity contribution is 0.288. The highest BCUT2D eigenvalue weighted by Gasteiger charge is 2.16. The predicted molar refractivity (Wildman–Crippen MR) is 92.3 cm³/mol. The number of hydrogen-bond acceptors (Lipinski definition) is 3. The third-order valence-electron chi connectivity index (χ3n) is 4.70. The average molecular weight is 331 g/mol. The number of nitrogens with zero attached hydrogens (tertiary/aromatic N) is 2. The first-order chi connectivity index (χ1) is 11.7. The Kier molecular flexibility index (Phi) is 5.86. The molecule has 130 valence electrons. The molecule has 4 nitrogen and oxygen atoms in total. The van der Waals surface area contributed by atoms with Gasteiger partial charge in [-0.05, 0) is 49.7 Å². The lowest BCUT2D eigenvalue weighted by Gasteiger charge is -2.12. The Labute approximate surface area is 143 Å². The normalized spacial score (nSPS) is 15.1. The summed E-state index contributed by atoms with van der Waals surface area (Å²) >= 11 is 0. The van der Waals surface area contributed by atoms with Gasteiger partial charge in [0.2, 0.25) is 0 Å². The lowest BCUT2D eigenvalue weighted by Crippen LogP contribution is -2.11. The van der Waals surface area contributed by atoms with Crippen molar-refractivity contribution in [1.82, 2.24) is 15.1 Å². The molecule has 24 heavy (non-hydrogen) atoms. The van der Waals surface area contributed by atoms with E-state index in [-0.39, 0.29) is 5.82 Å². The highest BCUT2D eigenvalue weighted by Crippen LogP contribution is 2.28. The fourth-order valence-electron chi connectivity index (χ4n) is 3.38. The van der Waals surface area contributed by atoms with Gasteiger partial charge in [-0.2, -0.15) is 5.10 Å². The average Bonchev–Trinajstić information content (AvgIpc) is 3.22. The molecule has 0 radical (unpaired) electrons. The van der Waals surface area contributed by atoms with Gasteiger partial charge in [0.25, 0.3) is 0 Å². The zero-order valence-electron chi connectivity index (χ0n) is 14.3. The molecular weight excluding hydrogens is 305 g/mol. The fraction of sp³-hybridized carbons (Fsp3) is 0.526. The van der Waals surface area contributed by atoms with Crippen LogP contribution in [0.2, 0.25) is 0 Å². The van der Waals surface area contributed by atoms with Crippen LogP contribution in [-0.2, 0) is 19.7 Å². The second-order valence-corrected chi connectivity index (χ2v) is 6.56. The first kappa shape index (κ1) is 17.0. The van der Waals surface area contributed by atoms with Crippen molar-refractivity contribution >= 4 is 0 Å². The van der Waals surface area contributed by atoms with E-state index in [0.717, 1.165) is 30.4 Å². The van der Waals surface area contributed by atoms with E-state index in [1.54, 1.807) is 12.1 Å². The lowest BCUT2D eigenvalue weighted by atomic mass is 10.0. The van der Waals surface area contributed by atoms with Crippen LogP contribution in [0, 0.1) is 11.7 Å². The molecule has 3 rings (SSSR count). The summed E-state index contributed by atoms with van der Waals surface area (Å²) in [7, 11) is 1.92. The maximum absolute atomic E-state index is 13.0.